The molecule has 0 N–H and O–H groups in total. The van der Waals surface area contributed by atoms with Crippen LogP contribution in [-0.4, -0.2) is 12.1 Å². The molecule has 0 aromatic heterocycles. The zero-order valence-electron chi connectivity index (χ0n) is 17.0. The molecule has 3 rings (SSSR count). The molecular weight excluding hydrogens is 377 g/mol. The number of allylic oxidation sites excluding steroid dienone is 2. The molecule has 0 heterocycles. The van der Waals surface area contributed by atoms with Crippen molar-refractivity contribution in [3.63, 3.8) is 0 Å². The van der Waals surface area contributed by atoms with Gasteiger partial charge in [-0.15, -0.1) is 0 Å². The third kappa shape index (κ3) is 4.39. The molecule has 29 heavy (non-hydrogen) atoms. The maximum atomic E-state index is 12.8. The molecule has 2 nitrogen and oxygen atoms in total. The van der Waals surface area contributed by atoms with E-state index in [2.05, 4.69) is 0 Å². The van der Waals surface area contributed by atoms with Gasteiger partial charge in [0.2, 0.25) is 0 Å². The third-order valence-corrected chi connectivity index (χ3v) is 5.94. The van der Waals surface area contributed by atoms with Crippen molar-refractivity contribution in [3.8, 4) is 11.1 Å². The van der Waals surface area contributed by atoms with Gasteiger partial charge in [0, 0.05) is 5.57 Å². The molecule has 154 valence electrons. The Morgan fingerprint density at radius 2 is 1.76 bits per heavy atom. The Balaban J connectivity index is 1.70. The van der Waals surface area contributed by atoms with Gasteiger partial charge in [0.05, 0.1) is 5.92 Å². The fraction of sp³-hybridized carbons (Fsp3) is 0.375. The molecule has 0 radical (unpaired) electrons. The topological polar surface area (TPSA) is 26.3 Å². The van der Waals surface area contributed by atoms with Crippen LogP contribution in [0.5, 0.6) is 0 Å². The van der Waals surface area contributed by atoms with Crippen LogP contribution in [0.25, 0.3) is 11.1 Å². The lowest BCUT2D eigenvalue weighted by Gasteiger charge is -2.12. The molecule has 0 bridgehead atoms. The van der Waals surface area contributed by atoms with Crippen molar-refractivity contribution in [3.05, 3.63) is 71.3 Å². The van der Waals surface area contributed by atoms with Crippen LogP contribution in [-0.2, 0) is 16.1 Å². The monoisotopic (exact) mass is 402 g/mol. The molecular formula is C24H25F3O2. The predicted octanol–water partition coefficient (Wildman–Crippen LogP) is 6.49. The fourth-order valence-electron chi connectivity index (χ4n) is 3.81. The van der Waals surface area contributed by atoms with Gasteiger partial charge in [0.15, 0.2) is 0 Å². The number of alkyl halides is 3. The molecule has 1 aliphatic rings. The lowest BCUT2D eigenvalue weighted by molar-refractivity contribution is -0.147. The second-order valence-corrected chi connectivity index (χ2v) is 8.24. The molecule has 0 saturated heterocycles. The minimum Gasteiger partial charge on any atom is -0.461 e. The quantitative estimate of drug-likeness (QED) is 0.422. The Labute approximate surface area is 169 Å². The molecule has 5 heteroatoms. The van der Waals surface area contributed by atoms with Crippen LogP contribution in [0.4, 0.5) is 13.2 Å². The first kappa shape index (κ1) is 21.2. The first-order chi connectivity index (χ1) is 13.5. The second kappa shape index (κ2) is 7.69. The van der Waals surface area contributed by atoms with Crippen molar-refractivity contribution < 1.29 is 22.7 Å². The van der Waals surface area contributed by atoms with Gasteiger partial charge in [-0.3, -0.25) is 4.79 Å². The summed E-state index contributed by atoms with van der Waals surface area (Å²) in [5.74, 6) is -1.47. The van der Waals surface area contributed by atoms with Crippen molar-refractivity contribution in [2.45, 2.75) is 40.5 Å². The average Bonchev–Trinajstić information content (AvgIpc) is 3.20. The molecule has 1 fully saturated rings. The van der Waals surface area contributed by atoms with E-state index in [-0.39, 0.29) is 6.61 Å². The van der Waals surface area contributed by atoms with Gasteiger partial charge in [-0.05, 0) is 47.4 Å². The van der Waals surface area contributed by atoms with Crippen molar-refractivity contribution in [2.75, 3.05) is 0 Å². The Hall–Kier alpha value is -2.56. The van der Waals surface area contributed by atoms with E-state index in [1.54, 1.807) is 13.8 Å². The van der Waals surface area contributed by atoms with E-state index in [1.807, 2.05) is 55.5 Å². The van der Waals surface area contributed by atoms with E-state index in [0.29, 0.717) is 0 Å². The number of hydrogen-bond acceptors (Lipinski definition) is 2. The zero-order chi connectivity index (χ0) is 21.4. The Bertz CT molecular complexity index is 927. The minimum atomic E-state index is -4.37. The number of rotatable bonds is 5. The zero-order valence-corrected chi connectivity index (χ0v) is 17.0. The largest absolute Gasteiger partial charge is 0.461 e. The minimum absolute atomic E-state index is 0.104. The lowest BCUT2D eigenvalue weighted by atomic mass is 9.97. The molecule has 2 aromatic carbocycles. The summed E-state index contributed by atoms with van der Waals surface area (Å²) in [7, 11) is 0. The van der Waals surface area contributed by atoms with Crippen LogP contribution in [0.1, 0.15) is 31.9 Å². The maximum Gasteiger partial charge on any atom is 0.412 e. The number of halogens is 3. The summed E-state index contributed by atoms with van der Waals surface area (Å²) < 4.78 is 44.0. The Morgan fingerprint density at radius 1 is 1.10 bits per heavy atom. The number of carbonyl (C=O) groups is 1. The fourth-order valence-corrected chi connectivity index (χ4v) is 3.81. The number of esters is 1. The van der Waals surface area contributed by atoms with Gasteiger partial charge < -0.3 is 4.74 Å². The van der Waals surface area contributed by atoms with Gasteiger partial charge in [-0.25, -0.2) is 0 Å². The normalized spacial score (nSPS) is 21.0. The van der Waals surface area contributed by atoms with E-state index in [0.717, 1.165) is 35.3 Å². The Kier molecular flexibility index (Phi) is 5.61. The molecule has 0 unspecified atom stereocenters. The van der Waals surface area contributed by atoms with Crippen LogP contribution in [0.3, 0.4) is 0 Å². The SMILES string of the molecule is C/C(=C\[C@H]1[C@@H](C(=O)OCc2cccc(-c3ccccc3)c2C)C1(C)C)C(F)(F)F. The average molecular weight is 402 g/mol. The lowest BCUT2D eigenvalue weighted by Crippen LogP contribution is -2.12. The van der Waals surface area contributed by atoms with E-state index in [9.17, 15) is 18.0 Å². The van der Waals surface area contributed by atoms with E-state index in [4.69, 9.17) is 4.74 Å². The molecule has 2 atom stereocenters. The predicted molar refractivity (Wildman–Crippen MR) is 107 cm³/mol. The van der Waals surface area contributed by atoms with Crippen LogP contribution < -0.4 is 0 Å². The van der Waals surface area contributed by atoms with Crippen LogP contribution in [0, 0.1) is 24.2 Å². The third-order valence-electron chi connectivity index (χ3n) is 5.94. The summed E-state index contributed by atoms with van der Waals surface area (Å²) in [6.07, 6.45) is -3.21. The highest BCUT2D eigenvalue weighted by Crippen LogP contribution is 2.60. The molecule has 1 aliphatic carbocycles. The van der Waals surface area contributed by atoms with E-state index in [1.165, 1.54) is 0 Å². The first-order valence-corrected chi connectivity index (χ1v) is 9.59. The van der Waals surface area contributed by atoms with Crippen LogP contribution in [0.15, 0.2) is 60.2 Å². The highest BCUT2D eigenvalue weighted by molar-refractivity contribution is 5.78. The maximum absolute atomic E-state index is 12.8. The summed E-state index contributed by atoms with van der Waals surface area (Å²) in [5, 5.41) is 0. The van der Waals surface area contributed by atoms with Crippen molar-refractivity contribution in [1.29, 1.82) is 0 Å². The summed E-state index contributed by atoms with van der Waals surface area (Å²) in [5.41, 5.74) is 2.84. The van der Waals surface area contributed by atoms with E-state index < -0.39 is 35.0 Å². The molecule has 0 aliphatic heterocycles. The van der Waals surface area contributed by atoms with Crippen molar-refractivity contribution >= 4 is 5.97 Å². The highest BCUT2D eigenvalue weighted by Gasteiger charge is 2.62. The van der Waals surface area contributed by atoms with Gasteiger partial charge in [-0.1, -0.05) is 68.5 Å². The van der Waals surface area contributed by atoms with E-state index >= 15 is 0 Å². The standard InChI is InChI=1S/C24H25F3O2/c1-15(24(25,26)27)13-20-21(23(20,3)4)22(28)29-14-18-11-8-12-19(16(18)2)17-9-6-5-7-10-17/h5-13,20-21H,14H2,1-4H3/b15-13+/t20-,21-/m0/s1. The Morgan fingerprint density at radius 3 is 2.38 bits per heavy atom. The van der Waals surface area contributed by atoms with Crippen molar-refractivity contribution in [1.82, 2.24) is 0 Å². The van der Waals surface area contributed by atoms with Crippen LogP contribution >= 0.6 is 0 Å². The molecule has 0 spiro atoms. The number of hydrogen-bond donors (Lipinski definition) is 0. The van der Waals surface area contributed by atoms with Gasteiger partial charge in [0.25, 0.3) is 0 Å². The molecule has 1 saturated carbocycles. The second-order valence-electron chi connectivity index (χ2n) is 8.24. The summed E-state index contributed by atoms with van der Waals surface area (Å²) in [6.45, 7) is 6.71. The smallest absolute Gasteiger partial charge is 0.412 e. The van der Waals surface area contributed by atoms with Gasteiger partial charge in [0.1, 0.15) is 6.61 Å². The molecule has 2 aromatic rings. The van der Waals surface area contributed by atoms with Gasteiger partial charge in [-0.2, -0.15) is 13.2 Å². The first-order valence-electron chi connectivity index (χ1n) is 9.59. The number of carbonyl (C=O) groups excluding carboxylic acids is 1. The highest BCUT2D eigenvalue weighted by atomic mass is 19.4. The summed E-state index contributed by atoms with van der Waals surface area (Å²) in [4.78, 5) is 12.6. The van der Waals surface area contributed by atoms with Gasteiger partial charge >= 0.3 is 12.1 Å². The summed E-state index contributed by atoms with van der Waals surface area (Å²) in [6, 6.07) is 15.8. The van der Waals surface area contributed by atoms with Crippen LogP contribution in [0.2, 0.25) is 0 Å². The number of ether oxygens (including phenoxy) is 1. The summed E-state index contributed by atoms with van der Waals surface area (Å²) >= 11 is 0. The number of benzene rings is 2. The van der Waals surface area contributed by atoms with Crippen molar-refractivity contribution in [2.24, 2.45) is 17.3 Å². The molecule has 0 amide bonds.